The highest BCUT2D eigenvalue weighted by Gasteiger charge is 2.10. The summed E-state index contributed by atoms with van der Waals surface area (Å²) in [6.07, 6.45) is 6.75. The molecule has 2 aromatic rings. The second-order valence-corrected chi connectivity index (χ2v) is 5.77. The number of hydrogen-bond acceptors (Lipinski definition) is 4. The van der Waals surface area contributed by atoms with Crippen molar-refractivity contribution in [2.45, 2.75) is 13.0 Å². The van der Waals surface area contributed by atoms with Gasteiger partial charge in [-0.25, -0.2) is 0 Å². The zero-order chi connectivity index (χ0) is 19.1. The van der Waals surface area contributed by atoms with Gasteiger partial charge in [0, 0.05) is 25.1 Å². The normalized spacial score (nSPS) is 10.1. The van der Waals surface area contributed by atoms with Gasteiger partial charge in [-0.05, 0) is 30.4 Å². The van der Waals surface area contributed by atoms with E-state index in [1.807, 2.05) is 0 Å². The third-order valence-electron chi connectivity index (χ3n) is 3.58. The van der Waals surface area contributed by atoms with Crippen molar-refractivity contribution in [3.63, 3.8) is 0 Å². The molecular weight excluding hydrogens is 352 g/mol. The van der Waals surface area contributed by atoms with Crippen LogP contribution in [0.25, 0.3) is 10.9 Å². The van der Waals surface area contributed by atoms with Crippen molar-refractivity contribution in [3.8, 4) is 12.3 Å². The minimum atomic E-state index is -0.355. The van der Waals surface area contributed by atoms with E-state index in [9.17, 15) is 14.4 Å². The molecule has 0 saturated heterocycles. The van der Waals surface area contributed by atoms with Crippen LogP contribution in [-0.2, 0) is 11.3 Å². The average molecular weight is 370 g/mol. The van der Waals surface area contributed by atoms with E-state index in [2.05, 4.69) is 28.1 Å². The molecular formula is C18H18N4O3S. The number of terminal acetylenes is 1. The molecule has 0 atom stereocenters. The Morgan fingerprint density at radius 3 is 2.85 bits per heavy atom. The minimum Gasteiger partial charge on any atom is -0.352 e. The van der Waals surface area contributed by atoms with Crippen LogP contribution in [0.15, 0.2) is 35.6 Å². The first kappa shape index (κ1) is 19.1. The maximum Gasteiger partial charge on any atom is 0.262 e. The first-order valence-corrected chi connectivity index (χ1v) is 8.25. The molecule has 0 fully saturated rings. The summed E-state index contributed by atoms with van der Waals surface area (Å²) < 4.78 is 1.64. The van der Waals surface area contributed by atoms with Gasteiger partial charge in [-0.15, -0.1) is 13.0 Å². The Balaban J connectivity index is 2.15. The van der Waals surface area contributed by atoms with Crippen molar-refractivity contribution in [1.82, 2.24) is 20.2 Å². The SMILES string of the molecule is C#CCNC(=O)CCNC(=O)c1ccc2c(=O)n(CC=C)c(=S)[nH]c2c1. The molecule has 134 valence electrons. The number of carbonyl (C=O) groups excluding carboxylic acids is 2. The van der Waals surface area contributed by atoms with E-state index in [-0.39, 0.29) is 41.7 Å². The highest BCUT2D eigenvalue weighted by Crippen LogP contribution is 2.11. The van der Waals surface area contributed by atoms with E-state index in [0.717, 1.165) is 0 Å². The third kappa shape index (κ3) is 4.46. The third-order valence-corrected chi connectivity index (χ3v) is 3.90. The smallest absolute Gasteiger partial charge is 0.262 e. The lowest BCUT2D eigenvalue weighted by Crippen LogP contribution is -2.31. The van der Waals surface area contributed by atoms with Crippen LogP contribution in [0.1, 0.15) is 16.8 Å². The van der Waals surface area contributed by atoms with Gasteiger partial charge in [0.15, 0.2) is 4.77 Å². The Labute approximate surface area is 155 Å². The van der Waals surface area contributed by atoms with Crippen LogP contribution in [0, 0.1) is 17.1 Å². The Hall–Kier alpha value is -3.18. The summed E-state index contributed by atoms with van der Waals surface area (Å²) in [5.41, 5.74) is 0.577. The molecule has 0 unspecified atom stereocenters. The lowest BCUT2D eigenvalue weighted by atomic mass is 10.1. The second kappa shape index (κ2) is 8.78. The van der Waals surface area contributed by atoms with Crippen molar-refractivity contribution >= 4 is 34.9 Å². The summed E-state index contributed by atoms with van der Waals surface area (Å²) in [7, 11) is 0. The van der Waals surface area contributed by atoms with Gasteiger partial charge in [0.05, 0.1) is 17.4 Å². The Morgan fingerprint density at radius 2 is 2.15 bits per heavy atom. The first-order chi connectivity index (χ1) is 12.5. The van der Waals surface area contributed by atoms with Crippen molar-refractivity contribution in [2.24, 2.45) is 0 Å². The largest absolute Gasteiger partial charge is 0.352 e. The van der Waals surface area contributed by atoms with Gasteiger partial charge >= 0.3 is 0 Å². The average Bonchev–Trinajstić information content (AvgIpc) is 2.62. The first-order valence-electron chi connectivity index (χ1n) is 7.84. The second-order valence-electron chi connectivity index (χ2n) is 5.38. The van der Waals surface area contributed by atoms with Crippen LogP contribution in [0.2, 0.25) is 0 Å². The van der Waals surface area contributed by atoms with Crippen LogP contribution in [-0.4, -0.2) is 34.5 Å². The predicted octanol–water partition coefficient (Wildman–Crippen LogP) is 1.11. The molecule has 0 bridgehead atoms. The molecule has 1 aromatic heterocycles. The van der Waals surface area contributed by atoms with Crippen molar-refractivity contribution in [2.75, 3.05) is 13.1 Å². The number of hydrogen-bond donors (Lipinski definition) is 3. The maximum atomic E-state index is 12.4. The minimum absolute atomic E-state index is 0.121. The molecule has 3 N–H and O–H groups in total. The molecule has 2 rings (SSSR count). The summed E-state index contributed by atoms with van der Waals surface area (Å²) in [6, 6.07) is 4.67. The topological polar surface area (TPSA) is 96.0 Å². The number of nitrogens with zero attached hydrogens (tertiary/aromatic N) is 1. The zero-order valence-corrected chi connectivity index (χ0v) is 14.8. The number of amides is 2. The van der Waals surface area contributed by atoms with Crippen LogP contribution in [0.4, 0.5) is 0 Å². The number of nitrogens with one attached hydrogen (secondary N) is 3. The molecule has 0 spiro atoms. The molecule has 0 aliphatic carbocycles. The van der Waals surface area contributed by atoms with Crippen LogP contribution in [0.5, 0.6) is 0 Å². The molecule has 8 heteroatoms. The van der Waals surface area contributed by atoms with Crippen LogP contribution in [0.3, 0.4) is 0 Å². The molecule has 7 nitrogen and oxygen atoms in total. The Bertz CT molecular complexity index is 1010. The summed E-state index contributed by atoms with van der Waals surface area (Å²) in [6.45, 7) is 4.23. The summed E-state index contributed by atoms with van der Waals surface area (Å²) >= 11 is 5.18. The summed E-state index contributed by atoms with van der Waals surface area (Å²) in [4.78, 5) is 39.0. The van der Waals surface area contributed by atoms with E-state index in [1.54, 1.807) is 24.3 Å². The molecule has 1 aromatic carbocycles. The van der Waals surface area contributed by atoms with Gasteiger partial charge in [0.1, 0.15) is 0 Å². The number of carbonyl (C=O) groups is 2. The van der Waals surface area contributed by atoms with E-state index < -0.39 is 0 Å². The number of allylic oxidation sites excluding steroid dienone is 1. The molecule has 2 amide bonds. The van der Waals surface area contributed by atoms with Crippen molar-refractivity contribution < 1.29 is 9.59 Å². The number of aromatic amines is 1. The highest BCUT2D eigenvalue weighted by atomic mass is 32.1. The fourth-order valence-corrected chi connectivity index (χ4v) is 2.59. The molecule has 0 aliphatic rings. The van der Waals surface area contributed by atoms with E-state index in [1.165, 1.54) is 4.57 Å². The monoisotopic (exact) mass is 370 g/mol. The fourth-order valence-electron chi connectivity index (χ4n) is 2.32. The van der Waals surface area contributed by atoms with E-state index >= 15 is 0 Å². The summed E-state index contributed by atoms with van der Waals surface area (Å²) in [5, 5.41) is 5.58. The van der Waals surface area contributed by atoms with Gasteiger partial charge in [0.25, 0.3) is 11.5 Å². The number of aromatic nitrogens is 2. The zero-order valence-electron chi connectivity index (χ0n) is 14.0. The van der Waals surface area contributed by atoms with Gasteiger partial charge in [-0.3, -0.25) is 19.0 Å². The lowest BCUT2D eigenvalue weighted by molar-refractivity contribution is -0.120. The van der Waals surface area contributed by atoms with Crippen LogP contribution >= 0.6 is 12.2 Å². The number of fused-ring (bicyclic) bond motifs is 1. The van der Waals surface area contributed by atoms with Gasteiger partial charge in [-0.1, -0.05) is 12.0 Å². The van der Waals surface area contributed by atoms with Crippen molar-refractivity contribution in [1.29, 1.82) is 0 Å². The molecule has 1 heterocycles. The van der Waals surface area contributed by atoms with Crippen LogP contribution < -0.4 is 16.2 Å². The Kier molecular flexibility index (Phi) is 6.47. The molecule has 0 saturated carbocycles. The lowest BCUT2D eigenvalue weighted by Gasteiger charge is -2.08. The quantitative estimate of drug-likeness (QED) is 0.387. The van der Waals surface area contributed by atoms with Gasteiger partial charge in [0.2, 0.25) is 5.91 Å². The Morgan fingerprint density at radius 1 is 1.38 bits per heavy atom. The number of rotatable bonds is 7. The number of H-pyrrole nitrogens is 1. The van der Waals surface area contributed by atoms with E-state index in [4.69, 9.17) is 18.6 Å². The van der Waals surface area contributed by atoms with Crippen molar-refractivity contribution in [3.05, 3.63) is 51.5 Å². The highest BCUT2D eigenvalue weighted by molar-refractivity contribution is 7.71. The molecule has 0 aliphatic heterocycles. The standard InChI is InChI=1S/C18H18N4O3S/c1-3-8-19-15(23)7-9-20-16(24)12-5-6-13-14(11-12)21-18(26)22(10-4-2)17(13)25/h1,4-6,11H,2,7-10H2,(H,19,23)(H,20,24)(H,21,26). The van der Waals surface area contributed by atoms with Gasteiger partial charge < -0.3 is 15.6 Å². The maximum absolute atomic E-state index is 12.4. The number of benzene rings is 1. The van der Waals surface area contributed by atoms with E-state index in [0.29, 0.717) is 23.0 Å². The molecule has 26 heavy (non-hydrogen) atoms. The summed E-state index contributed by atoms with van der Waals surface area (Å²) in [5.74, 6) is 1.70. The predicted molar refractivity (Wildman–Crippen MR) is 102 cm³/mol. The molecule has 0 radical (unpaired) electrons. The fraction of sp³-hybridized carbons (Fsp3) is 0.222. The van der Waals surface area contributed by atoms with Gasteiger partial charge in [-0.2, -0.15) is 0 Å².